The van der Waals surface area contributed by atoms with Crippen LogP contribution in [0.25, 0.3) is 21.8 Å². The molecule has 0 bridgehead atoms. The number of aliphatic imine (C=N–C) groups is 1. The van der Waals surface area contributed by atoms with Gasteiger partial charge in [-0.05, 0) is 68.3 Å². The second-order valence-electron chi connectivity index (χ2n) is 12.0. The van der Waals surface area contributed by atoms with E-state index < -0.39 is 47.9 Å². The van der Waals surface area contributed by atoms with Crippen LogP contribution in [-0.4, -0.2) is 82.0 Å². The fraction of sp³-hybridized carbons (Fsp3) is 0.382. The van der Waals surface area contributed by atoms with Crippen molar-refractivity contribution in [3.8, 4) is 0 Å². The summed E-state index contributed by atoms with van der Waals surface area (Å²) in [5.41, 5.74) is 26.1. The lowest BCUT2D eigenvalue weighted by atomic mass is 10.0. The van der Waals surface area contributed by atoms with Gasteiger partial charge in [-0.2, -0.15) is 0 Å². The first-order valence-electron chi connectivity index (χ1n) is 16.3. The highest BCUT2D eigenvalue weighted by Crippen LogP contribution is 2.21. The van der Waals surface area contributed by atoms with E-state index in [1.807, 2.05) is 54.7 Å². The van der Waals surface area contributed by atoms with Crippen LogP contribution < -0.4 is 38.9 Å². The fourth-order valence-corrected chi connectivity index (χ4v) is 5.71. The number of guanidine groups is 1. The molecule has 0 aliphatic heterocycles. The van der Waals surface area contributed by atoms with Gasteiger partial charge in [0.15, 0.2) is 5.96 Å². The number of aromatic amines is 2. The maximum Gasteiger partial charge on any atom is 0.326 e. The first-order chi connectivity index (χ1) is 23.6. The summed E-state index contributed by atoms with van der Waals surface area (Å²) in [4.78, 5) is 63.1. The first-order valence-corrected chi connectivity index (χ1v) is 16.3. The van der Waals surface area contributed by atoms with Crippen LogP contribution in [0.4, 0.5) is 0 Å². The van der Waals surface area contributed by atoms with Gasteiger partial charge in [-0.25, -0.2) is 4.79 Å². The Kier molecular flexibility index (Phi) is 13.1. The summed E-state index contributed by atoms with van der Waals surface area (Å²) >= 11 is 0. The molecule has 4 rings (SSSR count). The second-order valence-corrected chi connectivity index (χ2v) is 12.0. The quantitative estimate of drug-likeness (QED) is 0.0376. The molecule has 15 nitrogen and oxygen atoms in total. The van der Waals surface area contributed by atoms with Crippen molar-refractivity contribution in [2.45, 2.75) is 69.1 Å². The molecule has 4 unspecified atom stereocenters. The second kappa shape index (κ2) is 17.7. The van der Waals surface area contributed by atoms with Crippen molar-refractivity contribution in [1.82, 2.24) is 25.9 Å². The van der Waals surface area contributed by atoms with E-state index in [0.29, 0.717) is 25.8 Å². The van der Waals surface area contributed by atoms with E-state index in [0.717, 1.165) is 32.9 Å². The minimum Gasteiger partial charge on any atom is -0.480 e. The lowest BCUT2D eigenvalue weighted by molar-refractivity contribution is -0.142. The lowest BCUT2D eigenvalue weighted by Crippen LogP contribution is -2.57. The number of nitrogens with zero attached hydrogens (tertiary/aromatic N) is 1. The standard InChI is InChI=1S/C34H46N10O5/c35-14-6-5-12-27(31(46)43-28(33(48)49)13-7-15-39-34(37)38)42-32(47)29(17-21-19-41-26-11-4-2-9-23(21)26)44-30(45)24(36)16-20-18-40-25-10-3-1-8-22(20)25/h1-4,8-11,18-19,24,27-29,40-41H,5-7,12-17,35-36H2,(H,42,47)(H,43,46)(H,44,45)(H,48,49)(H4,37,38,39). The number of carboxylic acid groups (broad SMARTS) is 1. The molecule has 262 valence electrons. The molecule has 0 saturated heterocycles. The molecule has 14 N–H and O–H groups in total. The molecule has 2 aromatic carbocycles. The number of H-pyrrole nitrogens is 2. The molecule has 3 amide bonds. The van der Waals surface area contributed by atoms with E-state index in [4.69, 9.17) is 22.9 Å². The smallest absolute Gasteiger partial charge is 0.326 e. The Morgan fingerprint density at radius 2 is 1.24 bits per heavy atom. The normalized spacial score (nSPS) is 13.7. The molecule has 0 radical (unpaired) electrons. The number of rotatable bonds is 19. The average molecular weight is 675 g/mol. The Hall–Kier alpha value is -5.41. The van der Waals surface area contributed by atoms with Crippen molar-refractivity contribution in [2.75, 3.05) is 13.1 Å². The van der Waals surface area contributed by atoms with E-state index in [-0.39, 0.29) is 38.2 Å². The number of fused-ring (bicyclic) bond motifs is 2. The van der Waals surface area contributed by atoms with Crippen LogP contribution >= 0.6 is 0 Å². The molecule has 0 aliphatic carbocycles. The third kappa shape index (κ3) is 10.3. The number of unbranched alkanes of at least 4 members (excludes halogenated alkanes) is 1. The van der Waals surface area contributed by atoms with Gasteiger partial charge in [0.05, 0.1) is 6.04 Å². The van der Waals surface area contributed by atoms with Crippen LogP contribution in [0.1, 0.15) is 43.2 Å². The number of para-hydroxylation sites is 2. The third-order valence-corrected chi connectivity index (χ3v) is 8.32. The van der Waals surface area contributed by atoms with Gasteiger partial charge in [-0.3, -0.25) is 19.4 Å². The van der Waals surface area contributed by atoms with Crippen molar-refractivity contribution in [1.29, 1.82) is 0 Å². The van der Waals surface area contributed by atoms with E-state index in [1.165, 1.54) is 0 Å². The molecule has 0 aliphatic rings. The summed E-state index contributed by atoms with van der Waals surface area (Å²) < 4.78 is 0. The van der Waals surface area contributed by atoms with E-state index in [9.17, 15) is 24.3 Å². The first kappa shape index (κ1) is 36.4. The molecular weight excluding hydrogens is 628 g/mol. The van der Waals surface area contributed by atoms with Crippen LogP contribution in [0, 0.1) is 0 Å². The van der Waals surface area contributed by atoms with Gasteiger partial charge in [0, 0.05) is 47.2 Å². The lowest BCUT2D eigenvalue weighted by Gasteiger charge is -2.25. The van der Waals surface area contributed by atoms with Gasteiger partial charge in [-0.15, -0.1) is 0 Å². The zero-order valence-electron chi connectivity index (χ0n) is 27.3. The molecule has 0 spiro atoms. The Labute approximate surface area is 283 Å². The predicted octanol–water partition coefficient (Wildman–Crippen LogP) is 0.483. The Morgan fingerprint density at radius 1 is 0.714 bits per heavy atom. The SMILES string of the molecule is NCCCCC(NC(=O)C(Cc1c[nH]c2ccccc12)NC(=O)C(N)Cc1c[nH]c2ccccc12)C(=O)NC(CCCN=C(N)N)C(=O)O. The molecule has 4 aromatic rings. The number of amides is 3. The predicted molar refractivity (Wildman–Crippen MR) is 188 cm³/mol. The van der Waals surface area contributed by atoms with Gasteiger partial charge >= 0.3 is 5.97 Å². The van der Waals surface area contributed by atoms with Gasteiger partial charge in [0.25, 0.3) is 0 Å². The number of aliphatic carboxylic acids is 1. The Balaban J connectivity index is 1.52. The monoisotopic (exact) mass is 674 g/mol. The molecule has 49 heavy (non-hydrogen) atoms. The van der Waals surface area contributed by atoms with E-state index >= 15 is 0 Å². The van der Waals surface area contributed by atoms with Crippen LogP contribution in [0.3, 0.4) is 0 Å². The van der Waals surface area contributed by atoms with Crippen molar-refractivity contribution in [3.05, 3.63) is 72.1 Å². The summed E-state index contributed by atoms with van der Waals surface area (Å²) in [5, 5.41) is 19.7. The number of hydrogen-bond acceptors (Lipinski definition) is 7. The number of aromatic nitrogens is 2. The number of nitrogens with one attached hydrogen (secondary N) is 5. The number of hydrogen-bond donors (Lipinski definition) is 10. The van der Waals surface area contributed by atoms with Crippen LogP contribution in [-0.2, 0) is 32.0 Å². The zero-order chi connectivity index (χ0) is 35.3. The van der Waals surface area contributed by atoms with Crippen molar-refractivity contribution < 1.29 is 24.3 Å². The van der Waals surface area contributed by atoms with Crippen molar-refractivity contribution in [3.63, 3.8) is 0 Å². The number of nitrogens with two attached hydrogens (primary N) is 4. The highest BCUT2D eigenvalue weighted by Gasteiger charge is 2.31. The maximum atomic E-state index is 14.0. The highest BCUT2D eigenvalue weighted by atomic mass is 16.4. The largest absolute Gasteiger partial charge is 0.480 e. The summed E-state index contributed by atoms with van der Waals surface area (Å²) in [5.74, 6) is -3.19. The van der Waals surface area contributed by atoms with Crippen molar-refractivity contribution in [2.24, 2.45) is 27.9 Å². The molecule has 4 atom stereocenters. The van der Waals surface area contributed by atoms with Gasteiger partial charge in [-0.1, -0.05) is 36.4 Å². The fourth-order valence-electron chi connectivity index (χ4n) is 5.71. The summed E-state index contributed by atoms with van der Waals surface area (Å²) in [6, 6.07) is 10.8. The molecular formula is C34H46N10O5. The molecule has 2 heterocycles. The highest BCUT2D eigenvalue weighted by molar-refractivity contribution is 5.95. The average Bonchev–Trinajstić information content (AvgIpc) is 3.68. The number of benzene rings is 2. The minimum absolute atomic E-state index is 0.0644. The molecule has 0 fully saturated rings. The van der Waals surface area contributed by atoms with Gasteiger partial charge in [0.1, 0.15) is 18.1 Å². The molecule has 0 saturated carbocycles. The van der Waals surface area contributed by atoms with Crippen LogP contribution in [0.2, 0.25) is 0 Å². The summed E-state index contributed by atoms with van der Waals surface area (Å²) in [6.07, 6.45) is 5.54. The van der Waals surface area contributed by atoms with E-state index in [1.54, 1.807) is 6.20 Å². The molecule has 2 aromatic heterocycles. The number of carbonyl (C=O) groups is 4. The Bertz CT molecular complexity index is 1760. The minimum atomic E-state index is -1.24. The van der Waals surface area contributed by atoms with E-state index in [2.05, 4.69) is 30.9 Å². The number of carbonyl (C=O) groups excluding carboxylic acids is 3. The van der Waals surface area contributed by atoms with Crippen LogP contribution in [0.15, 0.2) is 65.9 Å². The summed E-state index contributed by atoms with van der Waals surface area (Å²) in [7, 11) is 0. The Morgan fingerprint density at radius 3 is 1.84 bits per heavy atom. The topological polar surface area (TPSA) is 273 Å². The zero-order valence-corrected chi connectivity index (χ0v) is 27.3. The number of carboxylic acids is 1. The maximum absolute atomic E-state index is 14.0. The van der Waals surface area contributed by atoms with Crippen LogP contribution in [0.5, 0.6) is 0 Å². The molecule has 15 heteroatoms. The third-order valence-electron chi connectivity index (χ3n) is 8.32. The van der Waals surface area contributed by atoms with Gasteiger partial charge in [0.2, 0.25) is 17.7 Å². The summed E-state index contributed by atoms with van der Waals surface area (Å²) in [6.45, 7) is 0.564. The van der Waals surface area contributed by atoms with Gasteiger partial charge < -0.3 is 54.0 Å². The van der Waals surface area contributed by atoms with Crippen molar-refractivity contribution >= 4 is 51.5 Å².